The Hall–Kier alpha value is -12.7. The second-order valence-electron chi connectivity index (χ2n) is 28.1. The molecular weight excluding hydrogens is 1420 g/mol. The van der Waals surface area contributed by atoms with Crippen LogP contribution in [0.1, 0.15) is 139 Å². The Bertz CT molecular complexity index is 5170. The van der Waals surface area contributed by atoms with Crippen molar-refractivity contribution in [3.8, 4) is 44.8 Å². The molecule has 13 rings (SSSR count). The fourth-order valence-electron chi connectivity index (χ4n) is 14.6. The molecule has 0 saturated carbocycles. The van der Waals surface area contributed by atoms with Crippen molar-refractivity contribution in [2.45, 2.75) is 115 Å². The van der Waals surface area contributed by atoms with Gasteiger partial charge in [-0.2, -0.15) is 0 Å². The van der Waals surface area contributed by atoms with E-state index < -0.39 is 41.5 Å². The van der Waals surface area contributed by atoms with Crippen LogP contribution in [0.5, 0.6) is 0 Å². The molecule has 14 nitrogen and oxygen atoms in total. The Balaban J connectivity index is 0.000000182. The highest BCUT2D eigenvalue weighted by molar-refractivity contribution is 6.13. The number of esters is 2. The topological polar surface area (TPSA) is 198 Å². The first-order valence-electron chi connectivity index (χ1n) is 37.8. The minimum atomic E-state index is -1.63. The monoisotopic (exact) mass is 1510 g/mol. The maximum Gasteiger partial charge on any atom is 0.308 e. The van der Waals surface area contributed by atoms with Gasteiger partial charge in [-0.05, 0) is 148 Å². The van der Waals surface area contributed by atoms with Gasteiger partial charge in [-0.15, -0.1) is 0 Å². The summed E-state index contributed by atoms with van der Waals surface area (Å²) in [6.07, 6.45) is -1.96. The van der Waals surface area contributed by atoms with Gasteiger partial charge < -0.3 is 49.4 Å². The van der Waals surface area contributed by atoms with Gasteiger partial charge in [0.25, 0.3) is 11.8 Å². The molecule has 574 valence electrons. The largest absolute Gasteiger partial charge is 0.459 e. The predicted molar refractivity (Wildman–Crippen MR) is 442 cm³/mol. The number of anilines is 2. The number of aliphatic hydroxyl groups is 3. The van der Waals surface area contributed by atoms with Gasteiger partial charge in [0.15, 0.2) is 17.3 Å². The Morgan fingerprint density at radius 2 is 0.752 bits per heavy atom. The number of nitrogens with zero attached hydrogens (tertiary/aromatic N) is 2. The van der Waals surface area contributed by atoms with Crippen LogP contribution in [-0.4, -0.2) is 66.7 Å². The van der Waals surface area contributed by atoms with Crippen LogP contribution in [-0.2, 0) is 48.1 Å². The number of aromatic nitrogens is 2. The van der Waals surface area contributed by atoms with Crippen LogP contribution in [0.15, 0.2) is 322 Å². The van der Waals surface area contributed by atoms with Crippen molar-refractivity contribution >= 4 is 41.4 Å². The summed E-state index contributed by atoms with van der Waals surface area (Å²) in [4.78, 5) is 64.7. The average molecular weight is 1510 g/mol. The van der Waals surface area contributed by atoms with Gasteiger partial charge in [0.05, 0.1) is 35.0 Å². The number of aldehydes is 1. The molecule has 16 heteroatoms. The van der Waals surface area contributed by atoms with Crippen LogP contribution in [0.4, 0.5) is 20.2 Å². The number of aliphatic hydroxyl groups excluding tert-OH is 1. The van der Waals surface area contributed by atoms with Gasteiger partial charge in [-0.1, -0.05) is 276 Å². The van der Waals surface area contributed by atoms with Crippen molar-refractivity contribution in [1.29, 1.82) is 0 Å². The lowest BCUT2D eigenvalue weighted by molar-refractivity contribution is -0.162. The zero-order chi connectivity index (χ0) is 80.0. The average Bonchev–Trinajstić information content (AvgIpc) is 1.74. The van der Waals surface area contributed by atoms with E-state index in [9.17, 15) is 48.1 Å². The normalized spacial score (nSPS) is 12.1. The number of ether oxygens (including phenoxy) is 2. The second-order valence-corrected chi connectivity index (χ2v) is 28.1. The molecule has 2 aromatic heterocycles. The highest BCUT2D eigenvalue weighted by atomic mass is 19.1. The second kappa shape index (κ2) is 38.3. The Morgan fingerprint density at radius 3 is 1.10 bits per heavy atom. The summed E-state index contributed by atoms with van der Waals surface area (Å²) in [5.74, 6) is -2.49. The summed E-state index contributed by atoms with van der Waals surface area (Å²) in [6.45, 7) is 11.7. The van der Waals surface area contributed by atoms with E-state index in [1.54, 1.807) is 55.5 Å². The molecule has 5 N–H and O–H groups in total. The molecular formula is C97H92F2N4O10. The van der Waals surface area contributed by atoms with E-state index in [0.29, 0.717) is 74.5 Å². The van der Waals surface area contributed by atoms with E-state index >= 15 is 0 Å². The zero-order valence-corrected chi connectivity index (χ0v) is 63.9. The highest BCUT2D eigenvalue weighted by Gasteiger charge is 2.44. The van der Waals surface area contributed by atoms with Crippen LogP contribution in [0.2, 0.25) is 0 Å². The number of rotatable bonds is 27. The quantitative estimate of drug-likeness (QED) is 0.0244. The summed E-state index contributed by atoms with van der Waals surface area (Å²) >= 11 is 0. The molecule has 3 atom stereocenters. The molecule has 13 aromatic rings. The first-order chi connectivity index (χ1) is 54.7. The fraction of sp³-hybridized carbons (Fsp3) is 0.186. The molecule has 0 radical (unpaired) electrons. The maximum absolute atomic E-state index is 14.3. The SMILES string of the molecule is CC(=O)O[C@@H](c1ccccc1)C(O)(c1ccccc1)c1ccccc1.CC(C)c1c(C(=O)Nc2ccccc2)c(-c2ccccc2)c(-c2ccc(F)cc2)n1CCC(O)CC(=O)O[C@@H](C)C(O)(c1ccccc1)c1ccccc1.CC(C)c1c(C(=O)Nc2ccccc2)c(-c2ccccc2)c(-c2ccc(F)cc2)n1CCC=O. The Kier molecular flexibility index (Phi) is 27.5. The van der Waals surface area contributed by atoms with Crippen molar-refractivity contribution in [3.63, 3.8) is 0 Å². The lowest BCUT2D eigenvalue weighted by Crippen LogP contribution is -2.42. The standard InChI is InChI=1S/C46H45FN2O5.C29H27FN2O2.C22H20O3/c1-31(2)43-42(45(52)48-38-22-14-7-15-23-38)41(33-16-8-4-9-17-33)44(34-24-26-37(47)27-25-34)49(43)29-28-39(50)30-40(51)54-32(3)46(53,35-18-10-5-11-19-35)36-20-12-6-13-21-36;1-20(2)27-26(29(34)31-24-12-7-4-8-13-24)25(21-10-5-3-6-11-21)28(32(27)18-9-19-33)22-14-16-23(30)17-15-22;1-17(23)25-21(18-11-5-2-6-12-18)22(24,19-13-7-3-8-14-19)20-15-9-4-10-16-20/h4-27,31-32,39,50,53H,28-30H2,1-3H3,(H,48,52);3-8,10-17,19-20H,9,18H2,1-2H3,(H,31,34);2-16,21,24H,1H3/t32-,39?;;21-/m0.0/s1. The summed E-state index contributed by atoms with van der Waals surface area (Å²) in [5.41, 5.74) is 10.1. The Morgan fingerprint density at radius 1 is 0.425 bits per heavy atom. The lowest BCUT2D eigenvalue weighted by Gasteiger charge is -2.36. The summed E-state index contributed by atoms with van der Waals surface area (Å²) in [6, 6.07) is 96.3. The number of carbonyl (C=O) groups is 5. The van der Waals surface area contributed by atoms with E-state index in [1.165, 1.54) is 31.2 Å². The van der Waals surface area contributed by atoms with E-state index in [-0.39, 0.29) is 54.7 Å². The number of hydrogen-bond acceptors (Lipinski definition) is 10. The predicted octanol–water partition coefficient (Wildman–Crippen LogP) is 20.5. The van der Waals surface area contributed by atoms with E-state index in [0.717, 1.165) is 51.2 Å². The molecule has 1 unspecified atom stereocenters. The van der Waals surface area contributed by atoms with Gasteiger partial charge in [0, 0.05) is 60.3 Å². The fourth-order valence-corrected chi connectivity index (χ4v) is 14.6. The first-order valence-corrected chi connectivity index (χ1v) is 37.8. The maximum atomic E-state index is 14.3. The third-order valence-corrected chi connectivity index (χ3v) is 19.7. The van der Waals surface area contributed by atoms with Crippen molar-refractivity contribution in [2.24, 2.45) is 0 Å². The van der Waals surface area contributed by atoms with Crippen molar-refractivity contribution < 1.29 is 57.5 Å². The van der Waals surface area contributed by atoms with Crippen LogP contribution in [0, 0.1) is 11.6 Å². The molecule has 0 aliphatic heterocycles. The molecule has 113 heavy (non-hydrogen) atoms. The summed E-state index contributed by atoms with van der Waals surface area (Å²) < 4.78 is 43.6. The van der Waals surface area contributed by atoms with Crippen molar-refractivity contribution in [2.75, 3.05) is 10.6 Å². The zero-order valence-electron chi connectivity index (χ0n) is 63.9. The number of para-hydroxylation sites is 2. The molecule has 0 aliphatic rings. The van der Waals surface area contributed by atoms with Gasteiger partial charge in [-0.25, -0.2) is 8.78 Å². The molecule has 0 spiro atoms. The van der Waals surface area contributed by atoms with E-state index in [2.05, 4.69) is 15.2 Å². The van der Waals surface area contributed by atoms with Crippen molar-refractivity contribution in [3.05, 3.63) is 383 Å². The van der Waals surface area contributed by atoms with Gasteiger partial charge >= 0.3 is 11.9 Å². The molecule has 0 fully saturated rings. The van der Waals surface area contributed by atoms with E-state index in [4.69, 9.17) is 9.47 Å². The lowest BCUT2D eigenvalue weighted by atomic mass is 9.79. The number of hydrogen-bond donors (Lipinski definition) is 5. The Labute approximate surface area is 658 Å². The molecule has 0 bridgehead atoms. The van der Waals surface area contributed by atoms with E-state index in [1.807, 2.05) is 281 Å². The third kappa shape index (κ3) is 19.4. The van der Waals surface area contributed by atoms with Crippen molar-refractivity contribution in [1.82, 2.24) is 9.13 Å². The minimum Gasteiger partial charge on any atom is -0.459 e. The van der Waals surface area contributed by atoms with Gasteiger partial charge in [0.2, 0.25) is 0 Å². The third-order valence-electron chi connectivity index (χ3n) is 19.7. The van der Waals surface area contributed by atoms with Gasteiger partial charge in [-0.3, -0.25) is 19.2 Å². The first kappa shape index (κ1) is 81.3. The number of nitrogens with one attached hydrogen (secondary N) is 2. The summed E-state index contributed by atoms with van der Waals surface area (Å²) in [7, 11) is 0. The molecule has 0 aliphatic carbocycles. The molecule has 11 aromatic carbocycles. The number of halogens is 2. The van der Waals surface area contributed by atoms with Crippen LogP contribution in [0.3, 0.4) is 0 Å². The van der Waals surface area contributed by atoms with Gasteiger partial charge in [0.1, 0.15) is 24.0 Å². The number of carbonyl (C=O) groups excluding carboxylic acids is 5. The number of amides is 2. The van der Waals surface area contributed by atoms with Crippen LogP contribution in [0.25, 0.3) is 44.8 Å². The number of benzene rings is 11. The smallest absolute Gasteiger partial charge is 0.308 e. The molecule has 0 saturated heterocycles. The van der Waals surface area contributed by atoms with Crippen LogP contribution < -0.4 is 10.6 Å². The molecule has 2 amide bonds. The summed E-state index contributed by atoms with van der Waals surface area (Å²) in [5, 5.41) is 41.4. The van der Waals surface area contributed by atoms with Crippen LogP contribution >= 0.6 is 0 Å². The molecule has 2 heterocycles. The minimum absolute atomic E-state index is 0.000152. The highest BCUT2D eigenvalue weighted by Crippen LogP contribution is 2.47.